The molecule has 8 heteroatoms. The van der Waals surface area contributed by atoms with Crippen molar-refractivity contribution < 1.29 is 31.4 Å². The molecule has 0 fully saturated rings. The zero-order valence-corrected chi connectivity index (χ0v) is 14.1. The van der Waals surface area contributed by atoms with Crippen molar-refractivity contribution in [1.29, 1.82) is 0 Å². The molecule has 0 aliphatic carbocycles. The fraction of sp³-hybridized carbons (Fsp3) is 0.150. The van der Waals surface area contributed by atoms with Gasteiger partial charge in [0.25, 0.3) is 0 Å². The molecule has 28 heavy (non-hydrogen) atoms. The van der Waals surface area contributed by atoms with E-state index >= 15 is 0 Å². The molecule has 3 rings (SSSR count). The minimum absolute atomic E-state index is 0.264. The van der Waals surface area contributed by atoms with Crippen LogP contribution in [0.15, 0.2) is 60.7 Å². The molecule has 2 nitrogen and oxygen atoms in total. The number of hydrogen-bond acceptors (Lipinski definition) is 2. The molecule has 0 unspecified atom stereocenters. The Morgan fingerprint density at radius 2 is 1.11 bits per heavy atom. The van der Waals surface area contributed by atoms with Crippen LogP contribution in [0.1, 0.15) is 16.8 Å². The number of benzene rings is 2. The third-order valence-electron chi connectivity index (χ3n) is 4.12. The van der Waals surface area contributed by atoms with Crippen molar-refractivity contribution in [2.45, 2.75) is 19.0 Å². The van der Waals surface area contributed by atoms with Crippen LogP contribution in [0, 0.1) is 0 Å². The second-order valence-corrected chi connectivity index (χ2v) is 6.01. The number of rotatable bonds is 3. The number of alkyl halides is 6. The molecule has 0 radical (unpaired) electrons. The summed E-state index contributed by atoms with van der Waals surface area (Å²) >= 11 is 0. The highest BCUT2D eigenvalue weighted by molar-refractivity contribution is 5.81. The molecule has 146 valence electrons. The Morgan fingerprint density at radius 1 is 0.643 bits per heavy atom. The summed E-state index contributed by atoms with van der Waals surface area (Å²) < 4.78 is 76.6. The summed E-state index contributed by atoms with van der Waals surface area (Å²) in [5.74, 6) is 0. The van der Waals surface area contributed by atoms with Crippen molar-refractivity contribution in [3.63, 3.8) is 0 Å². The molecule has 0 bridgehead atoms. The molecule has 0 atom stereocenters. The maximum absolute atomic E-state index is 12.8. The molecule has 0 saturated heterocycles. The van der Waals surface area contributed by atoms with E-state index < -0.39 is 23.5 Å². The largest absolute Gasteiger partial charge is 0.416 e. The Labute approximate surface area is 156 Å². The van der Waals surface area contributed by atoms with E-state index in [1.807, 2.05) is 0 Å². The van der Waals surface area contributed by atoms with Gasteiger partial charge in [-0.25, -0.2) is 4.98 Å². The van der Waals surface area contributed by atoms with Crippen LogP contribution in [0.4, 0.5) is 26.3 Å². The zero-order chi connectivity index (χ0) is 20.5. The van der Waals surface area contributed by atoms with Crippen LogP contribution in [0.5, 0.6) is 0 Å². The van der Waals surface area contributed by atoms with Crippen molar-refractivity contribution in [3.8, 4) is 22.4 Å². The number of hydrogen-bond donors (Lipinski definition) is 1. The molecule has 3 aromatic rings. The highest BCUT2D eigenvalue weighted by atomic mass is 19.4. The molecule has 0 saturated carbocycles. The first kappa shape index (κ1) is 19.9. The highest BCUT2D eigenvalue weighted by Crippen LogP contribution is 2.36. The van der Waals surface area contributed by atoms with Crippen LogP contribution in [-0.2, 0) is 19.0 Å². The van der Waals surface area contributed by atoms with Gasteiger partial charge in [0.05, 0.1) is 29.1 Å². The van der Waals surface area contributed by atoms with Crippen LogP contribution in [0.25, 0.3) is 22.4 Å². The van der Waals surface area contributed by atoms with Gasteiger partial charge in [-0.15, -0.1) is 0 Å². The summed E-state index contributed by atoms with van der Waals surface area (Å²) in [5, 5.41) is 9.31. The van der Waals surface area contributed by atoms with Crippen LogP contribution >= 0.6 is 0 Å². The van der Waals surface area contributed by atoms with Crippen molar-refractivity contribution in [1.82, 2.24) is 4.98 Å². The number of aliphatic hydroxyl groups excluding tert-OH is 1. The fourth-order valence-electron chi connectivity index (χ4n) is 2.70. The number of nitrogens with zero attached hydrogens (tertiary/aromatic N) is 1. The summed E-state index contributed by atoms with van der Waals surface area (Å²) in [6.07, 6.45) is -8.97. The minimum atomic E-state index is -4.49. The van der Waals surface area contributed by atoms with E-state index in [0.29, 0.717) is 16.7 Å². The molecule has 0 aliphatic heterocycles. The van der Waals surface area contributed by atoms with Crippen molar-refractivity contribution in [2.24, 2.45) is 0 Å². The topological polar surface area (TPSA) is 33.1 Å². The summed E-state index contributed by atoms with van der Waals surface area (Å²) in [6.45, 7) is -0.388. The average Bonchev–Trinajstić information content (AvgIpc) is 2.66. The molecular formula is C20H13F6NO. The zero-order valence-electron chi connectivity index (χ0n) is 14.1. The van der Waals surface area contributed by atoms with Crippen LogP contribution < -0.4 is 0 Å². The standard InChI is InChI=1S/C20H13F6NO/c21-19(22,23)14-5-1-12(2-6-14)17-10-9-16(11-28)27-18(17)13-3-7-15(8-4-13)20(24,25)26/h1-10,28H,11H2. The van der Waals surface area contributed by atoms with E-state index in [2.05, 4.69) is 4.98 Å². The van der Waals surface area contributed by atoms with Crippen molar-refractivity contribution >= 4 is 0 Å². The van der Waals surface area contributed by atoms with Gasteiger partial charge in [0.15, 0.2) is 0 Å². The lowest BCUT2D eigenvalue weighted by Crippen LogP contribution is -2.05. The predicted molar refractivity (Wildman–Crippen MR) is 91.0 cm³/mol. The van der Waals surface area contributed by atoms with E-state index in [4.69, 9.17) is 0 Å². The second kappa shape index (κ2) is 7.27. The summed E-state index contributed by atoms with van der Waals surface area (Å²) in [6, 6.07) is 11.7. The Kier molecular flexibility index (Phi) is 5.16. The average molecular weight is 397 g/mol. The first-order valence-electron chi connectivity index (χ1n) is 8.05. The fourth-order valence-corrected chi connectivity index (χ4v) is 2.70. The molecule has 0 amide bonds. The van der Waals surface area contributed by atoms with Gasteiger partial charge in [0.2, 0.25) is 0 Å². The van der Waals surface area contributed by atoms with Gasteiger partial charge < -0.3 is 5.11 Å². The second-order valence-electron chi connectivity index (χ2n) is 6.01. The van der Waals surface area contributed by atoms with E-state index in [9.17, 15) is 31.4 Å². The van der Waals surface area contributed by atoms with Gasteiger partial charge in [-0.1, -0.05) is 30.3 Å². The van der Waals surface area contributed by atoms with Crippen molar-refractivity contribution in [2.75, 3.05) is 0 Å². The molecule has 0 spiro atoms. The molecule has 2 aromatic carbocycles. The Morgan fingerprint density at radius 3 is 1.54 bits per heavy atom. The summed E-state index contributed by atoms with van der Waals surface area (Å²) in [4.78, 5) is 4.25. The van der Waals surface area contributed by atoms with Crippen LogP contribution in [-0.4, -0.2) is 10.1 Å². The smallest absolute Gasteiger partial charge is 0.390 e. The number of aliphatic hydroxyl groups is 1. The van der Waals surface area contributed by atoms with Crippen LogP contribution in [0.2, 0.25) is 0 Å². The van der Waals surface area contributed by atoms with Gasteiger partial charge in [0, 0.05) is 11.1 Å². The number of aromatic nitrogens is 1. The van der Waals surface area contributed by atoms with Crippen molar-refractivity contribution in [3.05, 3.63) is 77.5 Å². The van der Waals surface area contributed by atoms with Gasteiger partial charge in [-0.05, 0) is 35.9 Å². The molecular weight excluding hydrogens is 384 g/mol. The van der Waals surface area contributed by atoms with Gasteiger partial charge in [0.1, 0.15) is 0 Å². The SMILES string of the molecule is OCc1ccc(-c2ccc(C(F)(F)F)cc2)c(-c2ccc(C(F)(F)F)cc2)n1. The minimum Gasteiger partial charge on any atom is -0.390 e. The highest BCUT2D eigenvalue weighted by Gasteiger charge is 2.31. The third kappa shape index (κ3) is 4.17. The molecule has 1 aromatic heterocycles. The van der Waals surface area contributed by atoms with E-state index in [1.165, 1.54) is 30.3 Å². The first-order valence-corrected chi connectivity index (χ1v) is 8.05. The first-order chi connectivity index (χ1) is 13.1. The predicted octanol–water partition coefficient (Wildman–Crippen LogP) is 5.95. The van der Waals surface area contributed by atoms with E-state index in [1.54, 1.807) is 6.07 Å². The molecule has 1 N–H and O–H groups in total. The maximum atomic E-state index is 12.8. The quantitative estimate of drug-likeness (QED) is 0.555. The lowest BCUT2D eigenvalue weighted by atomic mass is 9.97. The molecule has 1 heterocycles. The van der Waals surface area contributed by atoms with Crippen LogP contribution in [0.3, 0.4) is 0 Å². The summed E-state index contributed by atoms with van der Waals surface area (Å²) in [7, 11) is 0. The lowest BCUT2D eigenvalue weighted by molar-refractivity contribution is -0.138. The lowest BCUT2D eigenvalue weighted by Gasteiger charge is -2.13. The molecule has 0 aliphatic rings. The normalized spacial score (nSPS) is 12.2. The Bertz CT molecular complexity index is 960. The van der Waals surface area contributed by atoms with Gasteiger partial charge >= 0.3 is 12.4 Å². The van der Waals surface area contributed by atoms with Gasteiger partial charge in [-0.2, -0.15) is 26.3 Å². The van der Waals surface area contributed by atoms with E-state index in [-0.39, 0.29) is 18.0 Å². The maximum Gasteiger partial charge on any atom is 0.416 e. The number of halogens is 6. The van der Waals surface area contributed by atoms with E-state index in [0.717, 1.165) is 24.3 Å². The third-order valence-corrected chi connectivity index (χ3v) is 4.12. The monoisotopic (exact) mass is 397 g/mol. The Balaban J connectivity index is 2.08. The van der Waals surface area contributed by atoms with Gasteiger partial charge in [-0.3, -0.25) is 0 Å². The number of pyridine rings is 1. The Hall–Kier alpha value is -2.87. The summed E-state index contributed by atoms with van der Waals surface area (Å²) in [5.41, 5.74) is 0.104.